The van der Waals surface area contributed by atoms with E-state index in [0.29, 0.717) is 28.9 Å². The van der Waals surface area contributed by atoms with E-state index < -0.39 is 0 Å². The summed E-state index contributed by atoms with van der Waals surface area (Å²) >= 11 is 1.49. The third-order valence-electron chi connectivity index (χ3n) is 5.51. The molecule has 2 heterocycles. The highest BCUT2D eigenvalue weighted by molar-refractivity contribution is 7.98. The van der Waals surface area contributed by atoms with Crippen molar-refractivity contribution in [2.75, 3.05) is 11.9 Å². The molecule has 0 spiro atoms. The van der Waals surface area contributed by atoms with Gasteiger partial charge in [0.05, 0.1) is 12.2 Å². The van der Waals surface area contributed by atoms with E-state index in [1.807, 2.05) is 41.9 Å². The lowest BCUT2D eigenvalue weighted by Gasteiger charge is -2.27. The molecule has 32 heavy (non-hydrogen) atoms. The Labute approximate surface area is 192 Å². The molecule has 1 aliphatic rings. The number of ether oxygens (including phenoxy) is 1. The number of anilines is 1. The van der Waals surface area contributed by atoms with Gasteiger partial charge in [-0.15, -0.1) is 0 Å². The topological polar surface area (TPSA) is 73.2 Å². The maximum atomic E-state index is 13.1. The fraction of sp³-hybridized carbons (Fsp3) is 0.320. The second kappa shape index (κ2) is 9.61. The molecule has 1 aromatic heterocycles. The van der Waals surface area contributed by atoms with Gasteiger partial charge in [0.1, 0.15) is 11.6 Å². The van der Waals surface area contributed by atoms with Crippen molar-refractivity contribution in [1.29, 1.82) is 0 Å². The van der Waals surface area contributed by atoms with Crippen LogP contribution in [0.2, 0.25) is 0 Å². The SMILES string of the molecule is CCCOc1ccc(C2CC(=O)Nc3c2c(=O)nc(SCc2cccc(C)c2)n3C)cc1. The minimum absolute atomic E-state index is 0.107. The number of carbonyl (C=O) groups excluding carboxylic acids is 1. The van der Waals surface area contributed by atoms with Crippen LogP contribution in [0.3, 0.4) is 0 Å². The Hall–Kier alpha value is -3.06. The van der Waals surface area contributed by atoms with Crippen molar-refractivity contribution in [3.8, 4) is 5.75 Å². The summed E-state index contributed by atoms with van der Waals surface area (Å²) in [6, 6.07) is 15.9. The molecule has 2 aromatic carbocycles. The van der Waals surface area contributed by atoms with Gasteiger partial charge in [0.15, 0.2) is 5.16 Å². The van der Waals surface area contributed by atoms with Crippen LogP contribution in [-0.4, -0.2) is 22.1 Å². The van der Waals surface area contributed by atoms with Crippen LogP contribution < -0.4 is 15.6 Å². The summed E-state index contributed by atoms with van der Waals surface area (Å²) in [5.74, 6) is 1.57. The third-order valence-corrected chi connectivity index (χ3v) is 6.61. The number of carbonyl (C=O) groups is 1. The first kappa shape index (κ1) is 22.1. The normalized spacial score (nSPS) is 15.2. The summed E-state index contributed by atoms with van der Waals surface area (Å²) in [5.41, 5.74) is 3.50. The molecule has 166 valence electrons. The quantitative estimate of drug-likeness (QED) is 0.420. The van der Waals surface area contributed by atoms with Crippen LogP contribution in [0, 0.1) is 6.92 Å². The largest absolute Gasteiger partial charge is 0.494 e. The number of nitrogens with zero attached hydrogens (tertiary/aromatic N) is 2. The number of hydrogen-bond acceptors (Lipinski definition) is 5. The molecule has 0 saturated carbocycles. The number of benzene rings is 2. The maximum Gasteiger partial charge on any atom is 0.279 e. The Kier molecular flexibility index (Phi) is 6.65. The number of rotatable bonds is 7. The highest BCUT2D eigenvalue weighted by Gasteiger charge is 2.32. The average Bonchev–Trinajstić information content (AvgIpc) is 2.79. The Morgan fingerprint density at radius 2 is 1.97 bits per heavy atom. The van der Waals surface area contributed by atoms with Crippen LogP contribution in [0.1, 0.15) is 47.9 Å². The molecular formula is C25H27N3O3S. The molecule has 7 heteroatoms. The Balaban J connectivity index is 1.64. The van der Waals surface area contributed by atoms with Gasteiger partial charge in [0.25, 0.3) is 5.56 Å². The Morgan fingerprint density at radius 1 is 1.19 bits per heavy atom. The summed E-state index contributed by atoms with van der Waals surface area (Å²) in [7, 11) is 1.84. The number of nitrogens with one attached hydrogen (secondary N) is 1. The molecular weight excluding hydrogens is 422 g/mol. The van der Waals surface area contributed by atoms with E-state index >= 15 is 0 Å². The first-order valence-electron chi connectivity index (χ1n) is 10.8. The summed E-state index contributed by atoms with van der Waals surface area (Å²) < 4.78 is 7.48. The molecule has 0 fully saturated rings. The minimum Gasteiger partial charge on any atom is -0.494 e. The Morgan fingerprint density at radius 3 is 2.69 bits per heavy atom. The lowest BCUT2D eigenvalue weighted by molar-refractivity contribution is -0.116. The van der Waals surface area contributed by atoms with E-state index in [9.17, 15) is 9.59 Å². The van der Waals surface area contributed by atoms with Crippen LogP contribution in [0.15, 0.2) is 58.5 Å². The molecule has 6 nitrogen and oxygen atoms in total. The zero-order chi connectivity index (χ0) is 22.7. The van der Waals surface area contributed by atoms with Gasteiger partial charge < -0.3 is 14.6 Å². The number of fused-ring (bicyclic) bond motifs is 1. The molecule has 1 atom stereocenters. The van der Waals surface area contributed by atoms with Crippen LogP contribution in [-0.2, 0) is 17.6 Å². The van der Waals surface area contributed by atoms with Gasteiger partial charge in [-0.2, -0.15) is 4.98 Å². The van der Waals surface area contributed by atoms with Gasteiger partial charge in [-0.1, -0.05) is 60.6 Å². The monoisotopic (exact) mass is 449 g/mol. The molecule has 1 aliphatic heterocycles. The first-order valence-corrected chi connectivity index (χ1v) is 11.8. The van der Waals surface area contributed by atoms with Gasteiger partial charge in [-0.25, -0.2) is 0 Å². The minimum atomic E-state index is -0.332. The van der Waals surface area contributed by atoms with Crippen molar-refractivity contribution in [2.45, 2.75) is 43.5 Å². The van der Waals surface area contributed by atoms with Crippen LogP contribution in [0.4, 0.5) is 5.82 Å². The van der Waals surface area contributed by atoms with Gasteiger partial charge in [-0.05, 0) is 36.6 Å². The summed E-state index contributed by atoms with van der Waals surface area (Å²) in [6.07, 6.45) is 1.15. The van der Waals surface area contributed by atoms with Crippen molar-refractivity contribution < 1.29 is 9.53 Å². The standard InChI is InChI=1S/C25H27N3O3S/c1-4-12-31-19-10-8-18(9-11-19)20-14-21(29)26-23-22(20)24(30)27-25(28(23)3)32-15-17-7-5-6-16(2)13-17/h5-11,13,20H,4,12,14-15H2,1-3H3,(H,26,29). The molecule has 4 rings (SSSR count). The van der Waals surface area contributed by atoms with Gasteiger partial charge in [-0.3, -0.25) is 9.59 Å². The number of aromatic nitrogens is 2. The number of amides is 1. The van der Waals surface area contributed by atoms with Crippen molar-refractivity contribution in [3.63, 3.8) is 0 Å². The molecule has 0 saturated heterocycles. The van der Waals surface area contributed by atoms with E-state index in [1.54, 1.807) is 0 Å². The molecule has 0 radical (unpaired) electrons. The fourth-order valence-electron chi connectivity index (χ4n) is 3.92. The van der Waals surface area contributed by atoms with Crippen molar-refractivity contribution in [3.05, 3.63) is 81.1 Å². The summed E-state index contributed by atoms with van der Waals surface area (Å²) in [4.78, 5) is 30.0. The molecule has 1 unspecified atom stereocenters. The lowest BCUT2D eigenvalue weighted by Crippen LogP contribution is -2.33. The highest BCUT2D eigenvalue weighted by atomic mass is 32.2. The summed E-state index contributed by atoms with van der Waals surface area (Å²) in [6.45, 7) is 4.77. The Bertz CT molecular complexity index is 1190. The van der Waals surface area contributed by atoms with Gasteiger partial charge >= 0.3 is 0 Å². The van der Waals surface area contributed by atoms with Gasteiger partial charge in [0, 0.05) is 25.1 Å². The number of thioether (sulfide) groups is 1. The predicted octanol–water partition coefficient (Wildman–Crippen LogP) is 4.64. The van der Waals surface area contributed by atoms with Crippen LogP contribution in [0.5, 0.6) is 5.75 Å². The number of hydrogen-bond donors (Lipinski definition) is 1. The molecule has 0 bridgehead atoms. The average molecular weight is 450 g/mol. The smallest absolute Gasteiger partial charge is 0.279 e. The second-order valence-corrected chi connectivity index (χ2v) is 8.96. The van der Waals surface area contributed by atoms with E-state index in [1.165, 1.54) is 17.3 Å². The van der Waals surface area contributed by atoms with E-state index in [0.717, 1.165) is 23.3 Å². The van der Waals surface area contributed by atoms with Crippen LogP contribution in [0.25, 0.3) is 0 Å². The van der Waals surface area contributed by atoms with E-state index in [2.05, 4.69) is 42.3 Å². The maximum absolute atomic E-state index is 13.1. The zero-order valence-corrected chi connectivity index (χ0v) is 19.4. The van der Waals surface area contributed by atoms with Crippen LogP contribution >= 0.6 is 11.8 Å². The molecule has 1 amide bonds. The molecule has 3 aromatic rings. The van der Waals surface area contributed by atoms with Crippen molar-refractivity contribution in [2.24, 2.45) is 7.05 Å². The van der Waals surface area contributed by atoms with Crippen molar-refractivity contribution >= 4 is 23.5 Å². The lowest BCUT2D eigenvalue weighted by atomic mass is 9.87. The molecule has 0 aliphatic carbocycles. The zero-order valence-electron chi connectivity index (χ0n) is 18.6. The first-order chi connectivity index (χ1) is 15.5. The van der Waals surface area contributed by atoms with Crippen molar-refractivity contribution in [1.82, 2.24) is 9.55 Å². The van der Waals surface area contributed by atoms with Gasteiger partial charge in [0.2, 0.25) is 5.91 Å². The number of aryl methyl sites for hydroxylation is 1. The fourth-order valence-corrected chi connectivity index (χ4v) is 4.82. The third kappa shape index (κ3) is 4.72. The highest BCUT2D eigenvalue weighted by Crippen LogP contribution is 2.36. The van der Waals surface area contributed by atoms with E-state index in [4.69, 9.17) is 4.74 Å². The predicted molar refractivity (Wildman–Crippen MR) is 128 cm³/mol. The molecule has 1 N–H and O–H groups in total. The summed E-state index contributed by atoms with van der Waals surface area (Å²) in [5, 5.41) is 3.48. The second-order valence-electron chi connectivity index (χ2n) is 8.02. The van der Waals surface area contributed by atoms with E-state index in [-0.39, 0.29) is 23.8 Å².